The number of methoxy groups -OCH3 is 1. The molecule has 2 rings (SSSR count). The van der Waals surface area contributed by atoms with Crippen molar-refractivity contribution < 1.29 is 4.74 Å². The standard InChI is InChI=1S/C12H14N2OS/c1-15-10-4-2-3-9(5-10)6-11(13)12-7-16-8-14-12/h2-5,7-8,11H,6,13H2,1H3. The third-order valence-corrected chi connectivity index (χ3v) is 3.03. The lowest BCUT2D eigenvalue weighted by Crippen LogP contribution is -2.13. The number of nitrogens with zero attached hydrogens (tertiary/aromatic N) is 1. The average molecular weight is 234 g/mol. The van der Waals surface area contributed by atoms with Gasteiger partial charge in [-0.05, 0) is 24.1 Å². The molecule has 0 amide bonds. The van der Waals surface area contributed by atoms with E-state index in [2.05, 4.69) is 11.1 Å². The van der Waals surface area contributed by atoms with Gasteiger partial charge in [0.2, 0.25) is 0 Å². The van der Waals surface area contributed by atoms with E-state index < -0.39 is 0 Å². The molecule has 0 bridgehead atoms. The first-order valence-corrected chi connectivity index (χ1v) is 6.00. The van der Waals surface area contributed by atoms with Crippen molar-refractivity contribution in [2.45, 2.75) is 12.5 Å². The fourth-order valence-electron chi connectivity index (χ4n) is 1.56. The number of ether oxygens (including phenoxy) is 1. The zero-order valence-corrected chi connectivity index (χ0v) is 9.91. The summed E-state index contributed by atoms with van der Waals surface area (Å²) >= 11 is 1.57. The Balaban J connectivity index is 2.08. The third-order valence-electron chi connectivity index (χ3n) is 2.42. The number of benzene rings is 1. The van der Waals surface area contributed by atoms with Gasteiger partial charge in [0, 0.05) is 5.38 Å². The summed E-state index contributed by atoms with van der Waals surface area (Å²) in [6.45, 7) is 0. The molecular weight excluding hydrogens is 220 g/mol. The van der Waals surface area contributed by atoms with Crippen LogP contribution in [0.5, 0.6) is 5.75 Å². The summed E-state index contributed by atoms with van der Waals surface area (Å²) in [7, 11) is 1.67. The van der Waals surface area contributed by atoms with Crippen LogP contribution >= 0.6 is 11.3 Å². The SMILES string of the molecule is COc1cccc(CC(N)c2cscn2)c1. The molecule has 0 aliphatic heterocycles. The highest BCUT2D eigenvalue weighted by Crippen LogP contribution is 2.19. The molecule has 0 fully saturated rings. The lowest BCUT2D eigenvalue weighted by molar-refractivity contribution is 0.414. The first kappa shape index (κ1) is 11.1. The van der Waals surface area contributed by atoms with Crippen molar-refractivity contribution in [3.8, 4) is 5.75 Å². The first-order valence-electron chi connectivity index (χ1n) is 5.06. The van der Waals surface area contributed by atoms with Crippen LogP contribution in [0, 0.1) is 0 Å². The summed E-state index contributed by atoms with van der Waals surface area (Å²) < 4.78 is 5.17. The summed E-state index contributed by atoms with van der Waals surface area (Å²) in [6, 6.07) is 7.92. The lowest BCUT2D eigenvalue weighted by atomic mass is 10.0. The van der Waals surface area contributed by atoms with Gasteiger partial charge in [-0.3, -0.25) is 0 Å². The van der Waals surface area contributed by atoms with Gasteiger partial charge >= 0.3 is 0 Å². The summed E-state index contributed by atoms with van der Waals surface area (Å²) in [5.41, 5.74) is 9.99. The lowest BCUT2D eigenvalue weighted by Gasteiger charge is -2.09. The van der Waals surface area contributed by atoms with Crippen molar-refractivity contribution in [3.63, 3.8) is 0 Å². The van der Waals surface area contributed by atoms with Crippen LogP contribution in [0.2, 0.25) is 0 Å². The minimum atomic E-state index is -0.0432. The quantitative estimate of drug-likeness (QED) is 0.883. The van der Waals surface area contributed by atoms with Crippen molar-refractivity contribution in [1.82, 2.24) is 4.98 Å². The van der Waals surface area contributed by atoms with E-state index in [1.165, 1.54) is 5.56 Å². The van der Waals surface area contributed by atoms with Gasteiger partial charge in [-0.25, -0.2) is 4.98 Å². The molecule has 0 saturated carbocycles. The van der Waals surface area contributed by atoms with Crippen LogP contribution in [0.3, 0.4) is 0 Å². The van der Waals surface area contributed by atoms with Crippen molar-refractivity contribution >= 4 is 11.3 Å². The Morgan fingerprint density at radius 1 is 1.50 bits per heavy atom. The molecule has 1 unspecified atom stereocenters. The van der Waals surface area contributed by atoms with Gasteiger partial charge in [-0.15, -0.1) is 11.3 Å². The largest absolute Gasteiger partial charge is 0.497 e. The van der Waals surface area contributed by atoms with Gasteiger partial charge in [-0.1, -0.05) is 12.1 Å². The molecule has 1 aromatic heterocycles. The Labute approximate surface area is 98.9 Å². The molecule has 16 heavy (non-hydrogen) atoms. The predicted molar refractivity (Wildman–Crippen MR) is 65.7 cm³/mol. The van der Waals surface area contributed by atoms with Gasteiger partial charge in [-0.2, -0.15) is 0 Å². The second kappa shape index (κ2) is 5.09. The molecule has 84 valence electrons. The Kier molecular flexibility index (Phi) is 3.54. The topological polar surface area (TPSA) is 48.1 Å². The fourth-order valence-corrected chi connectivity index (χ4v) is 2.18. The zero-order valence-electron chi connectivity index (χ0n) is 9.09. The van der Waals surface area contributed by atoms with Gasteiger partial charge in [0.1, 0.15) is 5.75 Å². The molecule has 2 N–H and O–H groups in total. The Bertz CT molecular complexity index is 442. The maximum atomic E-state index is 6.07. The maximum Gasteiger partial charge on any atom is 0.119 e. The van der Waals surface area contributed by atoms with E-state index in [1.807, 2.05) is 23.6 Å². The molecular formula is C12H14N2OS. The third kappa shape index (κ3) is 2.59. The number of rotatable bonds is 4. The van der Waals surface area contributed by atoms with Gasteiger partial charge < -0.3 is 10.5 Å². The summed E-state index contributed by atoms with van der Waals surface area (Å²) in [5.74, 6) is 0.864. The molecule has 0 saturated heterocycles. The second-order valence-electron chi connectivity index (χ2n) is 3.58. The monoisotopic (exact) mass is 234 g/mol. The molecule has 1 heterocycles. The predicted octanol–water partition coefficient (Wildman–Crippen LogP) is 2.39. The van der Waals surface area contributed by atoms with E-state index in [1.54, 1.807) is 24.0 Å². The van der Waals surface area contributed by atoms with Crippen molar-refractivity contribution in [3.05, 3.63) is 46.4 Å². The van der Waals surface area contributed by atoms with E-state index in [0.717, 1.165) is 17.9 Å². The van der Waals surface area contributed by atoms with Crippen LogP contribution in [0.15, 0.2) is 35.2 Å². The molecule has 1 atom stereocenters. The Morgan fingerprint density at radius 3 is 3.06 bits per heavy atom. The average Bonchev–Trinajstić information content (AvgIpc) is 2.83. The molecule has 0 radical (unpaired) electrons. The van der Waals surface area contributed by atoms with Crippen LogP contribution in [0.4, 0.5) is 0 Å². The number of thiazole rings is 1. The van der Waals surface area contributed by atoms with Gasteiger partial charge in [0.15, 0.2) is 0 Å². The maximum absolute atomic E-state index is 6.07. The highest BCUT2D eigenvalue weighted by Gasteiger charge is 2.09. The molecule has 4 heteroatoms. The number of aromatic nitrogens is 1. The van der Waals surface area contributed by atoms with Crippen LogP contribution in [-0.4, -0.2) is 12.1 Å². The van der Waals surface area contributed by atoms with E-state index in [4.69, 9.17) is 10.5 Å². The normalized spacial score (nSPS) is 12.4. The minimum Gasteiger partial charge on any atom is -0.497 e. The van der Waals surface area contributed by atoms with E-state index in [-0.39, 0.29) is 6.04 Å². The Hall–Kier alpha value is -1.39. The van der Waals surface area contributed by atoms with E-state index in [0.29, 0.717) is 0 Å². The van der Waals surface area contributed by atoms with Gasteiger partial charge in [0.05, 0.1) is 24.4 Å². The summed E-state index contributed by atoms with van der Waals surface area (Å²) in [5, 5.41) is 1.99. The number of hydrogen-bond acceptors (Lipinski definition) is 4. The van der Waals surface area contributed by atoms with E-state index in [9.17, 15) is 0 Å². The molecule has 0 aliphatic carbocycles. The minimum absolute atomic E-state index is 0.0432. The van der Waals surface area contributed by atoms with Crippen LogP contribution in [-0.2, 0) is 6.42 Å². The summed E-state index contributed by atoms with van der Waals surface area (Å²) in [4.78, 5) is 4.22. The van der Waals surface area contributed by atoms with E-state index >= 15 is 0 Å². The molecule has 3 nitrogen and oxygen atoms in total. The smallest absolute Gasteiger partial charge is 0.119 e. The van der Waals surface area contributed by atoms with Crippen LogP contribution in [0.1, 0.15) is 17.3 Å². The molecule has 0 spiro atoms. The van der Waals surface area contributed by atoms with Crippen LogP contribution in [0.25, 0.3) is 0 Å². The second-order valence-corrected chi connectivity index (χ2v) is 4.29. The molecule has 2 aromatic rings. The van der Waals surface area contributed by atoms with Crippen LogP contribution < -0.4 is 10.5 Å². The highest BCUT2D eigenvalue weighted by molar-refractivity contribution is 7.07. The molecule has 1 aromatic carbocycles. The highest BCUT2D eigenvalue weighted by atomic mass is 32.1. The number of hydrogen-bond donors (Lipinski definition) is 1. The number of nitrogens with two attached hydrogens (primary N) is 1. The summed E-state index contributed by atoms with van der Waals surface area (Å²) in [6.07, 6.45) is 0.779. The first-order chi connectivity index (χ1) is 7.79. The zero-order chi connectivity index (χ0) is 11.4. The fraction of sp³-hybridized carbons (Fsp3) is 0.250. The Morgan fingerprint density at radius 2 is 2.38 bits per heavy atom. The van der Waals surface area contributed by atoms with Crippen molar-refractivity contribution in [2.24, 2.45) is 5.73 Å². The molecule has 0 aliphatic rings. The van der Waals surface area contributed by atoms with Gasteiger partial charge in [0.25, 0.3) is 0 Å². The van der Waals surface area contributed by atoms with Crippen molar-refractivity contribution in [1.29, 1.82) is 0 Å². The van der Waals surface area contributed by atoms with Crippen molar-refractivity contribution in [2.75, 3.05) is 7.11 Å².